The minimum Gasteiger partial charge on any atom is -0.317 e. The first-order chi connectivity index (χ1) is 7.32. The van der Waals surface area contributed by atoms with Crippen molar-refractivity contribution in [2.45, 2.75) is 19.3 Å². The molecule has 1 spiro atoms. The lowest BCUT2D eigenvalue weighted by Gasteiger charge is -2.31. The van der Waals surface area contributed by atoms with E-state index in [-0.39, 0.29) is 5.41 Å². The van der Waals surface area contributed by atoms with Crippen LogP contribution in [-0.4, -0.2) is 23.9 Å². The van der Waals surface area contributed by atoms with E-state index in [2.05, 4.69) is 10.3 Å². The van der Waals surface area contributed by atoms with Crippen molar-refractivity contribution in [1.29, 1.82) is 0 Å². The minimum atomic E-state index is -0.123. The molecule has 0 bridgehead atoms. The van der Waals surface area contributed by atoms with E-state index >= 15 is 0 Å². The molecule has 1 fully saturated rings. The van der Waals surface area contributed by atoms with Gasteiger partial charge < -0.3 is 5.32 Å². The SMILES string of the molecule is O=C1c2cccnc2CC12CCNCC2. The van der Waals surface area contributed by atoms with Crippen LogP contribution in [0.5, 0.6) is 0 Å². The van der Waals surface area contributed by atoms with Crippen LogP contribution >= 0.6 is 0 Å². The van der Waals surface area contributed by atoms with Gasteiger partial charge in [0.2, 0.25) is 0 Å². The van der Waals surface area contributed by atoms with Gasteiger partial charge in [-0.05, 0) is 38.1 Å². The van der Waals surface area contributed by atoms with Crippen LogP contribution in [0, 0.1) is 5.41 Å². The second kappa shape index (κ2) is 3.14. The number of carbonyl (C=O) groups excluding carboxylic acids is 1. The fraction of sp³-hybridized carbons (Fsp3) is 0.500. The molecule has 0 amide bonds. The van der Waals surface area contributed by atoms with Crippen molar-refractivity contribution in [3.05, 3.63) is 29.6 Å². The van der Waals surface area contributed by atoms with E-state index in [9.17, 15) is 4.79 Å². The van der Waals surface area contributed by atoms with Gasteiger partial charge in [-0.25, -0.2) is 0 Å². The van der Waals surface area contributed by atoms with Crippen LogP contribution in [0.1, 0.15) is 28.9 Å². The molecule has 1 aliphatic carbocycles. The second-order valence-corrected chi connectivity index (χ2v) is 4.53. The first-order valence-electron chi connectivity index (χ1n) is 5.51. The molecule has 2 aliphatic rings. The monoisotopic (exact) mass is 202 g/mol. The van der Waals surface area contributed by atoms with Gasteiger partial charge >= 0.3 is 0 Å². The number of pyridine rings is 1. The average molecular weight is 202 g/mol. The van der Waals surface area contributed by atoms with E-state index in [4.69, 9.17) is 0 Å². The van der Waals surface area contributed by atoms with Crippen molar-refractivity contribution in [2.75, 3.05) is 13.1 Å². The summed E-state index contributed by atoms with van der Waals surface area (Å²) < 4.78 is 0. The molecule has 0 unspecified atom stereocenters. The van der Waals surface area contributed by atoms with Crippen LogP contribution in [0.2, 0.25) is 0 Å². The van der Waals surface area contributed by atoms with Gasteiger partial charge in [-0.3, -0.25) is 9.78 Å². The maximum atomic E-state index is 12.3. The van der Waals surface area contributed by atoms with E-state index in [0.29, 0.717) is 5.78 Å². The Labute approximate surface area is 88.9 Å². The quantitative estimate of drug-likeness (QED) is 0.687. The molecule has 3 rings (SSSR count). The number of rotatable bonds is 0. The number of nitrogens with zero attached hydrogens (tertiary/aromatic N) is 1. The van der Waals surface area contributed by atoms with Gasteiger partial charge in [0.15, 0.2) is 5.78 Å². The van der Waals surface area contributed by atoms with Crippen molar-refractivity contribution in [3.8, 4) is 0 Å². The fourth-order valence-electron chi connectivity index (χ4n) is 2.78. The Morgan fingerprint density at radius 2 is 2.13 bits per heavy atom. The highest BCUT2D eigenvalue weighted by atomic mass is 16.1. The minimum absolute atomic E-state index is 0.123. The van der Waals surface area contributed by atoms with Gasteiger partial charge in [0.05, 0.1) is 5.69 Å². The van der Waals surface area contributed by atoms with Crippen LogP contribution < -0.4 is 5.32 Å². The Bertz CT molecular complexity index is 408. The molecule has 3 heteroatoms. The van der Waals surface area contributed by atoms with Crippen molar-refractivity contribution in [2.24, 2.45) is 5.41 Å². The summed E-state index contributed by atoms with van der Waals surface area (Å²) >= 11 is 0. The Morgan fingerprint density at radius 3 is 2.87 bits per heavy atom. The summed E-state index contributed by atoms with van der Waals surface area (Å²) in [6.07, 6.45) is 4.56. The summed E-state index contributed by atoms with van der Waals surface area (Å²) in [5, 5.41) is 3.31. The zero-order valence-corrected chi connectivity index (χ0v) is 8.62. The lowest BCUT2D eigenvalue weighted by atomic mass is 9.76. The Hall–Kier alpha value is -1.22. The molecule has 78 valence electrons. The number of ketones is 1. The predicted octanol–water partition coefficient (Wildman–Crippen LogP) is 1.19. The zero-order valence-electron chi connectivity index (χ0n) is 8.62. The molecule has 1 aromatic heterocycles. The van der Waals surface area contributed by atoms with Gasteiger partial charge in [0, 0.05) is 23.6 Å². The largest absolute Gasteiger partial charge is 0.317 e. The Kier molecular flexibility index (Phi) is 1.89. The summed E-state index contributed by atoms with van der Waals surface area (Å²) in [6, 6.07) is 3.78. The van der Waals surface area contributed by atoms with E-state index < -0.39 is 0 Å². The normalized spacial score (nSPS) is 23.1. The maximum absolute atomic E-state index is 12.3. The number of nitrogens with one attached hydrogen (secondary N) is 1. The number of fused-ring (bicyclic) bond motifs is 1. The van der Waals surface area contributed by atoms with Crippen molar-refractivity contribution in [3.63, 3.8) is 0 Å². The highest BCUT2D eigenvalue weighted by Gasteiger charge is 2.46. The third-order valence-corrected chi connectivity index (χ3v) is 3.68. The van der Waals surface area contributed by atoms with E-state index in [1.54, 1.807) is 6.20 Å². The second-order valence-electron chi connectivity index (χ2n) is 4.53. The van der Waals surface area contributed by atoms with Gasteiger partial charge in [-0.2, -0.15) is 0 Å². The number of piperidine rings is 1. The number of hydrogen-bond donors (Lipinski definition) is 1. The molecule has 3 nitrogen and oxygen atoms in total. The molecule has 0 radical (unpaired) electrons. The average Bonchev–Trinajstić information content (AvgIpc) is 2.54. The van der Waals surface area contributed by atoms with Crippen LogP contribution in [0.4, 0.5) is 0 Å². The van der Waals surface area contributed by atoms with Gasteiger partial charge in [-0.1, -0.05) is 0 Å². The molecular formula is C12H14N2O. The smallest absolute Gasteiger partial charge is 0.171 e. The molecule has 2 heterocycles. The van der Waals surface area contributed by atoms with Crippen LogP contribution in [0.15, 0.2) is 18.3 Å². The van der Waals surface area contributed by atoms with E-state index in [0.717, 1.165) is 43.6 Å². The third kappa shape index (κ3) is 1.23. The summed E-state index contributed by atoms with van der Waals surface area (Å²) in [4.78, 5) is 16.6. The number of Topliss-reactive ketones (excluding diaryl/α,β-unsaturated/α-hetero) is 1. The first-order valence-corrected chi connectivity index (χ1v) is 5.51. The summed E-state index contributed by atoms with van der Waals surface area (Å²) in [7, 11) is 0. The van der Waals surface area contributed by atoms with Crippen LogP contribution in [0.25, 0.3) is 0 Å². The van der Waals surface area contributed by atoms with Crippen LogP contribution in [0.3, 0.4) is 0 Å². The Balaban J connectivity index is 2.01. The lowest BCUT2D eigenvalue weighted by Crippen LogP contribution is -2.40. The number of hydrogen-bond acceptors (Lipinski definition) is 3. The van der Waals surface area contributed by atoms with Crippen molar-refractivity contribution >= 4 is 5.78 Å². The molecule has 15 heavy (non-hydrogen) atoms. The molecule has 1 aromatic rings. The molecular weight excluding hydrogens is 188 g/mol. The maximum Gasteiger partial charge on any atom is 0.171 e. The molecule has 1 N–H and O–H groups in total. The highest BCUT2D eigenvalue weighted by molar-refractivity contribution is 6.04. The van der Waals surface area contributed by atoms with E-state index in [1.807, 2.05) is 12.1 Å². The fourth-order valence-corrected chi connectivity index (χ4v) is 2.78. The first kappa shape index (κ1) is 9.04. The lowest BCUT2D eigenvalue weighted by molar-refractivity contribution is 0.0761. The topological polar surface area (TPSA) is 42.0 Å². The molecule has 1 saturated heterocycles. The standard InChI is InChI=1S/C12H14N2O/c15-11-9-2-1-5-14-10(9)8-12(11)3-6-13-7-4-12/h1-2,5,13H,3-4,6-8H2. The molecule has 0 atom stereocenters. The zero-order chi connectivity index (χ0) is 10.3. The predicted molar refractivity (Wildman–Crippen MR) is 56.8 cm³/mol. The van der Waals surface area contributed by atoms with Gasteiger partial charge in [0.25, 0.3) is 0 Å². The van der Waals surface area contributed by atoms with E-state index in [1.165, 1.54) is 0 Å². The molecule has 1 aliphatic heterocycles. The molecule has 0 saturated carbocycles. The number of carbonyl (C=O) groups is 1. The number of aromatic nitrogens is 1. The summed E-state index contributed by atoms with van der Waals surface area (Å²) in [5.41, 5.74) is 1.74. The molecule has 0 aromatic carbocycles. The highest BCUT2D eigenvalue weighted by Crippen LogP contribution is 2.42. The third-order valence-electron chi connectivity index (χ3n) is 3.68. The Morgan fingerprint density at radius 1 is 1.33 bits per heavy atom. The van der Waals surface area contributed by atoms with Crippen LogP contribution in [-0.2, 0) is 6.42 Å². The van der Waals surface area contributed by atoms with Gasteiger partial charge in [0.1, 0.15) is 0 Å². The summed E-state index contributed by atoms with van der Waals surface area (Å²) in [6.45, 7) is 1.92. The van der Waals surface area contributed by atoms with Crippen molar-refractivity contribution in [1.82, 2.24) is 10.3 Å². The van der Waals surface area contributed by atoms with Gasteiger partial charge in [-0.15, -0.1) is 0 Å². The summed E-state index contributed by atoms with van der Waals surface area (Å²) in [5.74, 6) is 0.326. The van der Waals surface area contributed by atoms with Crippen molar-refractivity contribution < 1.29 is 4.79 Å².